The maximum atomic E-state index is 10.7. The zero-order chi connectivity index (χ0) is 10.6. The maximum Gasteiger partial charge on any atom is 0.294 e. The van der Waals surface area contributed by atoms with Crippen LogP contribution in [-0.4, -0.2) is 19.3 Å². The Morgan fingerprint density at radius 2 is 1.79 bits per heavy atom. The average molecular weight is 214 g/mol. The molecule has 1 aromatic carbocycles. The summed E-state index contributed by atoms with van der Waals surface area (Å²) in [7, 11) is -4.11. The average Bonchev–Trinajstić information content (AvgIpc) is 2.14. The van der Waals surface area contributed by atoms with Crippen LogP contribution in [-0.2, 0) is 21.3 Å². The van der Waals surface area contributed by atoms with Crippen LogP contribution >= 0.6 is 0 Å². The lowest BCUT2D eigenvalue weighted by Crippen LogP contribution is -1.97. The van der Waals surface area contributed by atoms with E-state index < -0.39 is 10.1 Å². The first-order valence-corrected chi connectivity index (χ1v) is 5.48. The summed E-state index contributed by atoms with van der Waals surface area (Å²) in [6, 6.07) is 5.78. The van der Waals surface area contributed by atoms with Crippen LogP contribution in [0.1, 0.15) is 12.0 Å². The van der Waals surface area contributed by atoms with E-state index in [0.29, 0.717) is 12.8 Å². The second kappa shape index (κ2) is 4.34. The first-order chi connectivity index (χ1) is 6.54. The number of rotatable bonds is 4. The fourth-order valence-corrected chi connectivity index (χ4v) is 1.53. The highest BCUT2D eigenvalue weighted by atomic mass is 32.2. The van der Waals surface area contributed by atoms with Gasteiger partial charge in [-0.2, -0.15) is 8.42 Å². The zero-order valence-electron chi connectivity index (χ0n) is 7.38. The second-order valence-corrected chi connectivity index (χ2v) is 4.25. The van der Waals surface area contributed by atoms with Gasteiger partial charge in [-0.3, -0.25) is 4.55 Å². The van der Waals surface area contributed by atoms with Gasteiger partial charge in [-0.05, 0) is 24.1 Å². The molecule has 5 heteroatoms. The number of hydrogen-bond donors (Lipinski definition) is 1. The van der Waals surface area contributed by atoms with Crippen LogP contribution in [0.4, 0.5) is 0 Å². The Kier molecular flexibility index (Phi) is 3.38. The Morgan fingerprint density at radius 1 is 1.21 bits per heavy atom. The summed E-state index contributed by atoms with van der Waals surface area (Å²) in [6.45, 7) is 0. The second-order valence-electron chi connectivity index (χ2n) is 2.82. The highest BCUT2D eigenvalue weighted by Gasteiger charge is 2.07. The van der Waals surface area contributed by atoms with Gasteiger partial charge in [-0.25, -0.2) is 0 Å². The molecule has 0 bridgehead atoms. The molecule has 4 nitrogen and oxygen atoms in total. The molecule has 0 amide bonds. The third kappa shape index (κ3) is 2.93. The highest BCUT2D eigenvalue weighted by molar-refractivity contribution is 7.85. The fraction of sp³-hybridized carbons (Fsp3) is 0.222. The molecule has 1 N–H and O–H groups in total. The number of benzene rings is 1. The normalized spacial score (nSPS) is 11.2. The molecule has 0 aromatic heterocycles. The van der Waals surface area contributed by atoms with Gasteiger partial charge in [0.25, 0.3) is 10.1 Å². The van der Waals surface area contributed by atoms with Crippen LogP contribution in [0.25, 0.3) is 0 Å². The van der Waals surface area contributed by atoms with E-state index in [9.17, 15) is 13.2 Å². The predicted octanol–water partition coefficient (Wildman–Crippen LogP) is 1.06. The van der Waals surface area contributed by atoms with Crippen molar-refractivity contribution < 1.29 is 17.8 Å². The number of hydrogen-bond acceptors (Lipinski definition) is 3. The molecule has 76 valence electrons. The molecule has 0 aliphatic rings. The molecular weight excluding hydrogens is 204 g/mol. The van der Waals surface area contributed by atoms with Gasteiger partial charge in [0.15, 0.2) is 0 Å². The number of carbonyl (C=O) groups excluding carboxylic acids is 1. The Bertz CT molecular complexity index is 405. The summed E-state index contributed by atoms with van der Waals surface area (Å²) in [6.07, 6.45) is 1.79. The van der Waals surface area contributed by atoms with E-state index in [2.05, 4.69) is 0 Å². The molecule has 0 heterocycles. The van der Waals surface area contributed by atoms with Gasteiger partial charge in [-0.1, -0.05) is 12.1 Å². The van der Waals surface area contributed by atoms with Crippen molar-refractivity contribution in [1.82, 2.24) is 0 Å². The Balaban J connectivity index is 2.84. The van der Waals surface area contributed by atoms with Crippen molar-refractivity contribution >= 4 is 16.4 Å². The third-order valence-corrected chi connectivity index (χ3v) is 2.64. The number of carbonyl (C=O) groups is 1. The highest BCUT2D eigenvalue weighted by Crippen LogP contribution is 2.10. The minimum absolute atomic E-state index is 0.132. The van der Waals surface area contributed by atoms with Crippen LogP contribution in [0.3, 0.4) is 0 Å². The lowest BCUT2D eigenvalue weighted by atomic mass is 10.1. The third-order valence-electron chi connectivity index (χ3n) is 1.77. The molecule has 0 spiro atoms. The van der Waals surface area contributed by atoms with E-state index in [1.54, 1.807) is 12.1 Å². The molecule has 0 aliphatic heterocycles. The Morgan fingerprint density at radius 3 is 2.21 bits per heavy atom. The quantitative estimate of drug-likeness (QED) is 0.601. The molecular formula is C9H10O4S. The minimum atomic E-state index is -4.11. The smallest absolute Gasteiger partial charge is 0.294 e. The molecule has 0 atom stereocenters. The minimum Gasteiger partial charge on any atom is -0.303 e. The summed E-state index contributed by atoms with van der Waals surface area (Å²) >= 11 is 0. The molecule has 0 fully saturated rings. The Hall–Kier alpha value is -1.20. The summed E-state index contributed by atoms with van der Waals surface area (Å²) in [4.78, 5) is 9.94. The monoisotopic (exact) mass is 214 g/mol. The largest absolute Gasteiger partial charge is 0.303 e. The first-order valence-electron chi connectivity index (χ1n) is 4.04. The number of aldehydes is 1. The van der Waals surface area contributed by atoms with Gasteiger partial charge in [0.2, 0.25) is 0 Å². The van der Waals surface area contributed by atoms with Crippen LogP contribution in [0.2, 0.25) is 0 Å². The van der Waals surface area contributed by atoms with Crippen LogP contribution < -0.4 is 0 Å². The lowest BCUT2D eigenvalue weighted by Gasteiger charge is -1.99. The van der Waals surface area contributed by atoms with Crippen molar-refractivity contribution in [1.29, 1.82) is 0 Å². The summed E-state index contributed by atoms with van der Waals surface area (Å²) in [5, 5.41) is 0. The lowest BCUT2D eigenvalue weighted by molar-refractivity contribution is -0.107. The fourth-order valence-electron chi connectivity index (χ4n) is 1.05. The van der Waals surface area contributed by atoms with Gasteiger partial charge in [0.05, 0.1) is 4.90 Å². The zero-order valence-corrected chi connectivity index (χ0v) is 8.20. The molecule has 0 saturated heterocycles. The molecule has 0 unspecified atom stereocenters. The summed E-state index contributed by atoms with van der Waals surface area (Å²) in [5.74, 6) is 0. The van der Waals surface area contributed by atoms with Gasteiger partial charge >= 0.3 is 0 Å². The van der Waals surface area contributed by atoms with Gasteiger partial charge in [0.1, 0.15) is 6.29 Å². The summed E-state index contributed by atoms with van der Waals surface area (Å²) in [5.41, 5.74) is 0.865. The van der Waals surface area contributed by atoms with Gasteiger partial charge in [0, 0.05) is 6.42 Å². The van der Waals surface area contributed by atoms with Crippen LogP contribution in [0.15, 0.2) is 29.2 Å². The standard InChI is InChI=1S/C9H10O4S/c10-7-1-2-8-3-5-9(6-4-8)14(11,12)13/h3-7H,1-2H2,(H,11,12,13). The van der Waals surface area contributed by atoms with Crippen LogP contribution in [0.5, 0.6) is 0 Å². The molecule has 0 aliphatic carbocycles. The molecule has 0 radical (unpaired) electrons. The van der Waals surface area contributed by atoms with E-state index in [4.69, 9.17) is 4.55 Å². The number of aryl methyl sites for hydroxylation is 1. The molecule has 14 heavy (non-hydrogen) atoms. The van der Waals surface area contributed by atoms with Crippen molar-refractivity contribution in [3.8, 4) is 0 Å². The van der Waals surface area contributed by atoms with Gasteiger partial charge in [-0.15, -0.1) is 0 Å². The van der Waals surface area contributed by atoms with Crippen LogP contribution in [0, 0.1) is 0 Å². The Labute approximate surface area is 82.3 Å². The SMILES string of the molecule is O=CCCc1ccc(S(=O)(=O)O)cc1. The molecule has 0 saturated carbocycles. The topological polar surface area (TPSA) is 71.4 Å². The maximum absolute atomic E-state index is 10.7. The molecule has 1 rings (SSSR count). The predicted molar refractivity (Wildman–Crippen MR) is 50.6 cm³/mol. The van der Waals surface area contributed by atoms with Crippen molar-refractivity contribution in [2.75, 3.05) is 0 Å². The van der Waals surface area contributed by atoms with Gasteiger partial charge < -0.3 is 4.79 Å². The van der Waals surface area contributed by atoms with E-state index in [0.717, 1.165) is 11.8 Å². The molecule has 1 aromatic rings. The van der Waals surface area contributed by atoms with E-state index in [1.165, 1.54) is 12.1 Å². The van der Waals surface area contributed by atoms with E-state index in [-0.39, 0.29) is 4.90 Å². The summed E-state index contributed by atoms with van der Waals surface area (Å²) < 4.78 is 30.0. The first kappa shape index (κ1) is 10.9. The van der Waals surface area contributed by atoms with E-state index in [1.807, 2.05) is 0 Å². The van der Waals surface area contributed by atoms with Crippen molar-refractivity contribution in [3.05, 3.63) is 29.8 Å². The van der Waals surface area contributed by atoms with E-state index >= 15 is 0 Å². The van der Waals surface area contributed by atoms with Crippen molar-refractivity contribution in [2.24, 2.45) is 0 Å². The van der Waals surface area contributed by atoms with Crippen molar-refractivity contribution in [3.63, 3.8) is 0 Å². The van der Waals surface area contributed by atoms with Crippen molar-refractivity contribution in [2.45, 2.75) is 17.7 Å².